The average molecular weight is 456 g/mol. The standard InChI is InChI=1S/C18H21N3O7S2/c19-9-13-1-5-16(6-2-13)30(26,27)20-10-18(23)28-11-17(22)21(14-3-4-14)15-7-8-29(24,25)12-15/h1-2,5-6,14-15,20H,3-4,7-8,10-12H2/t15-/m0/s1. The van der Waals surface area contributed by atoms with Crippen LogP contribution in [-0.4, -0.2) is 70.4 Å². The fourth-order valence-electron chi connectivity index (χ4n) is 3.27. The van der Waals surface area contributed by atoms with Gasteiger partial charge in [-0.3, -0.25) is 9.59 Å². The van der Waals surface area contributed by atoms with Crippen molar-refractivity contribution in [2.45, 2.75) is 36.2 Å². The molecule has 10 nitrogen and oxygen atoms in total. The van der Waals surface area contributed by atoms with Gasteiger partial charge in [-0.05, 0) is 43.5 Å². The van der Waals surface area contributed by atoms with Crippen LogP contribution in [0.3, 0.4) is 0 Å². The van der Waals surface area contributed by atoms with Crippen molar-refractivity contribution in [1.82, 2.24) is 9.62 Å². The summed E-state index contributed by atoms with van der Waals surface area (Å²) in [6, 6.07) is 6.56. The van der Waals surface area contributed by atoms with Crippen molar-refractivity contribution in [3.05, 3.63) is 29.8 Å². The summed E-state index contributed by atoms with van der Waals surface area (Å²) < 4.78 is 54.7. The number of amides is 1. The van der Waals surface area contributed by atoms with E-state index in [-0.39, 0.29) is 22.4 Å². The zero-order valence-corrected chi connectivity index (χ0v) is 17.6. The topological polar surface area (TPSA) is 151 Å². The second-order valence-corrected chi connectivity index (χ2v) is 11.2. The third kappa shape index (κ3) is 5.56. The van der Waals surface area contributed by atoms with E-state index in [9.17, 15) is 26.4 Å². The number of carbonyl (C=O) groups excluding carboxylic acids is 2. The third-order valence-electron chi connectivity index (χ3n) is 4.89. The minimum absolute atomic E-state index is 0.0328. The predicted octanol–water partition coefficient (Wildman–Crippen LogP) is -0.442. The minimum atomic E-state index is -3.99. The highest BCUT2D eigenvalue weighted by Crippen LogP contribution is 2.32. The molecule has 12 heteroatoms. The molecule has 3 rings (SSSR count). The van der Waals surface area contributed by atoms with Gasteiger partial charge in [0.25, 0.3) is 5.91 Å². The van der Waals surface area contributed by atoms with Crippen LogP contribution in [0.2, 0.25) is 0 Å². The van der Waals surface area contributed by atoms with Crippen molar-refractivity contribution in [3.8, 4) is 6.07 Å². The van der Waals surface area contributed by atoms with Crippen molar-refractivity contribution < 1.29 is 31.2 Å². The highest BCUT2D eigenvalue weighted by atomic mass is 32.2. The maximum atomic E-state index is 12.5. The Hall–Kier alpha value is -2.49. The fourth-order valence-corrected chi connectivity index (χ4v) is 5.95. The Bertz CT molecular complexity index is 1070. The number of nitriles is 1. The van der Waals surface area contributed by atoms with E-state index in [4.69, 9.17) is 10.00 Å². The number of sulfone groups is 1. The summed E-state index contributed by atoms with van der Waals surface area (Å²) in [4.78, 5) is 25.8. The van der Waals surface area contributed by atoms with Crippen molar-refractivity contribution in [2.75, 3.05) is 24.7 Å². The lowest BCUT2D eigenvalue weighted by molar-refractivity contribution is -0.152. The molecule has 0 radical (unpaired) electrons. The second kappa shape index (κ2) is 8.71. The molecule has 30 heavy (non-hydrogen) atoms. The van der Waals surface area contributed by atoms with Gasteiger partial charge in [0.15, 0.2) is 16.4 Å². The molecule has 162 valence electrons. The fraction of sp³-hybridized carbons (Fsp3) is 0.500. The maximum absolute atomic E-state index is 12.5. The summed E-state index contributed by atoms with van der Waals surface area (Å²) in [5.41, 5.74) is 0.294. The van der Waals surface area contributed by atoms with Gasteiger partial charge in [0.1, 0.15) is 6.54 Å². The van der Waals surface area contributed by atoms with Crippen LogP contribution >= 0.6 is 0 Å². The molecule has 0 bridgehead atoms. The Morgan fingerprint density at radius 1 is 1.17 bits per heavy atom. The van der Waals surface area contributed by atoms with Crippen LogP contribution in [0.25, 0.3) is 0 Å². The van der Waals surface area contributed by atoms with Gasteiger partial charge in [0, 0.05) is 12.1 Å². The molecule has 0 spiro atoms. The molecule has 1 aromatic carbocycles. The number of ether oxygens (including phenoxy) is 1. The third-order valence-corrected chi connectivity index (χ3v) is 8.05. The van der Waals surface area contributed by atoms with Gasteiger partial charge < -0.3 is 9.64 Å². The Labute approximate surface area is 174 Å². The van der Waals surface area contributed by atoms with E-state index in [2.05, 4.69) is 4.72 Å². The molecule has 1 atom stereocenters. The van der Waals surface area contributed by atoms with Crippen molar-refractivity contribution in [1.29, 1.82) is 5.26 Å². The van der Waals surface area contributed by atoms with Gasteiger partial charge in [-0.15, -0.1) is 0 Å². The van der Waals surface area contributed by atoms with E-state index >= 15 is 0 Å². The first kappa shape index (κ1) is 22.2. The lowest BCUT2D eigenvalue weighted by atomic mass is 10.2. The zero-order chi connectivity index (χ0) is 21.9. The number of nitrogens with one attached hydrogen (secondary N) is 1. The predicted molar refractivity (Wildman–Crippen MR) is 104 cm³/mol. The van der Waals surface area contributed by atoms with Gasteiger partial charge in [0.2, 0.25) is 10.0 Å². The largest absolute Gasteiger partial charge is 0.455 e. The Balaban J connectivity index is 1.51. The molecule has 0 unspecified atom stereocenters. The maximum Gasteiger partial charge on any atom is 0.321 e. The van der Waals surface area contributed by atoms with E-state index in [1.54, 1.807) is 0 Å². The van der Waals surface area contributed by atoms with Crippen molar-refractivity contribution in [3.63, 3.8) is 0 Å². The SMILES string of the molecule is N#Cc1ccc(S(=O)(=O)NCC(=O)OCC(=O)N(C2CC2)[C@H]2CCS(=O)(=O)C2)cc1. The zero-order valence-electron chi connectivity index (χ0n) is 16.0. The number of benzene rings is 1. The first-order chi connectivity index (χ1) is 14.1. The Kier molecular flexibility index (Phi) is 6.44. The Morgan fingerprint density at radius 2 is 1.83 bits per heavy atom. The van der Waals surface area contributed by atoms with Gasteiger partial charge in [0.05, 0.1) is 28.0 Å². The number of rotatable bonds is 8. The number of nitrogens with zero attached hydrogens (tertiary/aromatic N) is 2. The van der Waals surface area contributed by atoms with Crippen molar-refractivity contribution in [2.24, 2.45) is 0 Å². The van der Waals surface area contributed by atoms with E-state index in [0.29, 0.717) is 12.0 Å². The van der Waals surface area contributed by atoms with Crippen LogP contribution in [0.1, 0.15) is 24.8 Å². The average Bonchev–Trinajstić information content (AvgIpc) is 3.47. The van der Waals surface area contributed by atoms with Crippen LogP contribution in [0, 0.1) is 11.3 Å². The first-order valence-electron chi connectivity index (χ1n) is 9.28. The summed E-state index contributed by atoms with van der Waals surface area (Å²) in [5.74, 6) is -1.48. The lowest BCUT2D eigenvalue weighted by Gasteiger charge is -2.28. The van der Waals surface area contributed by atoms with Gasteiger partial charge in [-0.25, -0.2) is 16.8 Å². The molecule has 1 saturated heterocycles. The highest BCUT2D eigenvalue weighted by molar-refractivity contribution is 7.91. The Morgan fingerprint density at radius 3 is 2.37 bits per heavy atom. The molecule has 1 heterocycles. The van der Waals surface area contributed by atoms with Crippen LogP contribution in [0.4, 0.5) is 0 Å². The molecule has 2 aliphatic rings. The number of hydrogen-bond donors (Lipinski definition) is 1. The molecule has 1 N–H and O–H groups in total. The highest BCUT2D eigenvalue weighted by Gasteiger charge is 2.42. The molecule has 0 aromatic heterocycles. The van der Waals surface area contributed by atoms with E-state index in [0.717, 1.165) is 12.8 Å². The molecule has 1 aliphatic heterocycles. The van der Waals surface area contributed by atoms with Crippen LogP contribution in [0.15, 0.2) is 29.2 Å². The summed E-state index contributed by atoms with van der Waals surface area (Å²) >= 11 is 0. The quantitative estimate of drug-likeness (QED) is 0.518. The molecular formula is C18H21N3O7S2. The molecular weight excluding hydrogens is 434 g/mol. The smallest absolute Gasteiger partial charge is 0.321 e. The summed E-state index contributed by atoms with van der Waals surface area (Å²) in [7, 11) is -7.15. The molecule has 1 aromatic rings. The van der Waals surface area contributed by atoms with Crippen LogP contribution in [-0.2, 0) is 34.2 Å². The second-order valence-electron chi connectivity index (χ2n) is 7.21. The molecule has 2 fully saturated rings. The first-order valence-corrected chi connectivity index (χ1v) is 12.6. The summed E-state index contributed by atoms with van der Waals surface area (Å²) in [6.07, 6.45) is 1.92. The van der Waals surface area contributed by atoms with Crippen molar-refractivity contribution >= 4 is 31.7 Å². The number of esters is 1. The van der Waals surface area contributed by atoms with Crippen LogP contribution < -0.4 is 4.72 Å². The molecule has 1 amide bonds. The van der Waals surface area contributed by atoms with Gasteiger partial charge in [-0.2, -0.15) is 9.98 Å². The monoisotopic (exact) mass is 455 g/mol. The van der Waals surface area contributed by atoms with Crippen LogP contribution in [0.5, 0.6) is 0 Å². The normalized spacial score (nSPS) is 20.3. The molecule has 1 saturated carbocycles. The van der Waals surface area contributed by atoms with E-state index in [1.165, 1.54) is 29.2 Å². The van der Waals surface area contributed by atoms with Gasteiger partial charge in [-0.1, -0.05) is 0 Å². The summed E-state index contributed by atoms with van der Waals surface area (Å²) in [5, 5.41) is 8.75. The number of sulfonamides is 1. The molecule has 1 aliphatic carbocycles. The number of carbonyl (C=O) groups is 2. The van der Waals surface area contributed by atoms with Gasteiger partial charge >= 0.3 is 5.97 Å². The number of hydrogen-bond acceptors (Lipinski definition) is 8. The van der Waals surface area contributed by atoms with E-state index < -0.39 is 50.9 Å². The lowest BCUT2D eigenvalue weighted by Crippen LogP contribution is -2.45. The van der Waals surface area contributed by atoms with E-state index in [1.807, 2.05) is 6.07 Å². The minimum Gasteiger partial charge on any atom is -0.455 e. The summed E-state index contributed by atoms with van der Waals surface area (Å²) in [6.45, 7) is -1.25.